The fraction of sp³-hybridized carbons (Fsp3) is 0.905. The van der Waals surface area contributed by atoms with E-state index in [4.69, 9.17) is 0 Å². The second-order valence-electron chi connectivity index (χ2n) is 9.53. The highest BCUT2D eigenvalue weighted by Crippen LogP contribution is 2.60. The van der Waals surface area contributed by atoms with E-state index in [1.807, 2.05) is 11.9 Å². The Morgan fingerprint density at radius 3 is 1.96 bits per heavy atom. The normalized spacial score (nSPS) is 37.6. The van der Waals surface area contributed by atoms with E-state index in [-0.39, 0.29) is 23.8 Å². The molecule has 0 radical (unpaired) electrons. The summed E-state index contributed by atoms with van der Waals surface area (Å²) in [6, 6.07) is 0.367. The first kappa shape index (κ1) is 17.4. The Bertz CT molecular complexity index is 487. The van der Waals surface area contributed by atoms with Gasteiger partial charge in [0.1, 0.15) is 0 Å². The average Bonchev–Trinajstić information content (AvgIpc) is 2.86. The quantitative estimate of drug-likeness (QED) is 0.792. The summed E-state index contributed by atoms with van der Waals surface area (Å²) in [5.74, 6) is 2.56. The van der Waals surface area contributed by atoms with Crippen molar-refractivity contribution in [1.29, 1.82) is 0 Å². The zero-order valence-corrected chi connectivity index (χ0v) is 15.8. The Labute approximate surface area is 152 Å². The van der Waals surface area contributed by atoms with Crippen LogP contribution in [0.3, 0.4) is 0 Å². The number of likely N-dealkylation sites (N-methyl/N-ethyl adjacent to an activating group) is 1. The van der Waals surface area contributed by atoms with Crippen LogP contribution in [-0.4, -0.2) is 36.3 Å². The van der Waals surface area contributed by atoms with E-state index < -0.39 is 0 Å². The Balaban J connectivity index is 1.31. The highest BCUT2D eigenvalue weighted by molar-refractivity contribution is 5.88. The van der Waals surface area contributed by atoms with E-state index in [1.165, 1.54) is 44.9 Å². The topological polar surface area (TPSA) is 49.4 Å². The molecule has 5 fully saturated rings. The molecule has 0 unspecified atom stereocenters. The van der Waals surface area contributed by atoms with Crippen molar-refractivity contribution in [3.63, 3.8) is 0 Å². The molecule has 0 atom stereocenters. The molecule has 140 valence electrons. The molecule has 5 saturated carbocycles. The molecule has 0 heterocycles. The average molecular weight is 347 g/mol. The van der Waals surface area contributed by atoms with Gasteiger partial charge < -0.3 is 10.2 Å². The molecule has 2 amide bonds. The minimum absolute atomic E-state index is 0.0879. The molecule has 0 aliphatic heterocycles. The maximum atomic E-state index is 13.0. The van der Waals surface area contributed by atoms with Crippen molar-refractivity contribution < 1.29 is 9.59 Å². The second-order valence-corrected chi connectivity index (χ2v) is 9.53. The molecule has 0 aromatic rings. The smallest absolute Gasteiger partial charge is 0.241 e. The van der Waals surface area contributed by atoms with Gasteiger partial charge in [-0.25, -0.2) is 0 Å². The lowest BCUT2D eigenvalue weighted by molar-refractivity contribution is -0.148. The van der Waals surface area contributed by atoms with Gasteiger partial charge in [0.2, 0.25) is 11.8 Å². The van der Waals surface area contributed by atoms with Crippen LogP contribution in [0.15, 0.2) is 0 Å². The first-order valence-electron chi connectivity index (χ1n) is 10.6. The zero-order chi connectivity index (χ0) is 17.4. The van der Waals surface area contributed by atoms with Gasteiger partial charge in [-0.05, 0) is 69.1 Å². The van der Waals surface area contributed by atoms with Crippen LogP contribution in [0.25, 0.3) is 0 Å². The number of nitrogens with one attached hydrogen (secondary N) is 1. The first-order chi connectivity index (χ1) is 12.1. The highest BCUT2D eigenvalue weighted by atomic mass is 16.2. The predicted octanol–water partition coefficient (Wildman–Crippen LogP) is 3.50. The van der Waals surface area contributed by atoms with E-state index in [0.717, 1.165) is 49.9 Å². The minimum Gasteiger partial charge on any atom is -0.347 e. The van der Waals surface area contributed by atoms with E-state index in [9.17, 15) is 9.59 Å². The fourth-order valence-corrected chi connectivity index (χ4v) is 6.71. The summed E-state index contributed by atoms with van der Waals surface area (Å²) < 4.78 is 0. The molecule has 0 saturated heterocycles. The third-order valence-corrected chi connectivity index (χ3v) is 7.69. The summed E-state index contributed by atoms with van der Waals surface area (Å²) in [6.45, 7) is 0.188. The van der Waals surface area contributed by atoms with E-state index in [0.29, 0.717) is 6.04 Å². The zero-order valence-electron chi connectivity index (χ0n) is 15.8. The van der Waals surface area contributed by atoms with Gasteiger partial charge in [0.05, 0.1) is 6.54 Å². The van der Waals surface area contributed by atoms with E-state index in [1.54, 1.807) is 0 Å². The second kappa shape index (κ2) is 6.92. The van der Waals surface area contributed by atoms with E-state index in [2.05, 4.69) is 5.32 Å². The number of hydrogen-bond acceptors (Lipinski definition) is 2. The molecule has 4 bridgehead atoms. The summed E-state index contributed by atoms with van der Waals surface area (Å²) in [4.78, 5) is 27.5. The van der Waals surface area contributed by atoms with Crippen molar-refractivity contribution in [3.8, 4) is 0 Å². The molecule has 0 aromatic carbocycles. The number of rotatable bonds is 4. The van der Waals surface area contributed by atoms with Gasteiger partial charge in [0.25, 0.3) is 0 Å². The molecule has 1 N–H and O–H groups in total. The Hall–Kier alpha value is -1.06. The van der Waals surface area contributed by atoms with Crippen LogP contribution in [0.1, 0.15) is 77.0 Å². The van der Waals surface area contributed by atoms with Crippen molar-refractivity contribution in [2.45, 2.75) is 83.1 Å². The van der Waals surface area contributed by atoms with Crippen molar-refractivity contribution in [1.82, 2.24) is 10.2 Å². The van der Waals surface area contributed by atoms with Crippen molar-refractivity contribution in [3.05, 3.63) is 0 Å². The van der Waals surface area contributed by atoms with Gasteiger partial charge in [-0.15, -0.1) is 0 Å². The van der Waals surface area contributed by atoms with Gasteiger partial charge in [0, 0.05) is 18.5 Å². The first-order valence-corrected chi connectivity index (χ1v) is 10.6. The van der Waals surface area contributed by atoms with Gasteiger partial charge in [-0.2, -0.15) is 0 Å². The molecule has 0 aromatic heterocycles. The monoisotopic (exact) mass is 346 g/mol. The Kier molecular flexibility index (Phi) is 4.81. The van der Waals surface area contributed by atoms with Crippen LogP contribution in [0.4, 0.5) is 0 Å². The minimum atomic E-state index is -0.143. The molecular weight excluding hydrogens is 312 g/mol. The lowest BCUT2D eigenvalue weighted by Crippen LogP contribution is -2.55. The maximum absolute atomic E-state index is 13.0. The van der Waals surface area contributed by atoms with Crippen molar-refractivity contribution in [2.24, 2.45) is 23.2 Å². The highest BCUT2D eigenvalue weighted by Gasteiger charge is 2.54. The van der Waals surface area contributed by atoms with Crippen molar-refractivity contribution in [2.75, 3.05) is 13.6 Å². The summed E-state index contributed by atoms with van der Waals surface area (Å²) >= 11 is 0. The van der Waals surface area contributed by atoms with Crippen LogP contribution >= 0.6 is 0 Å². The van der Waals surface area contributed by atoms with Crippen LogP contribution in [0.2, 0.25) is 0 Å². The van der Waals surface area contributed by atoms with Crippen molar-refractivity contribution >= 4 is 11.8 Å². The molecule has 5 aliphatic carbocycles. The predicted molar refractivity (Wildman–Crippen MR) is 97.9 cm³/mol. The SMILES string of the molecule is CN(C(=O)CNC(=O)C12CC3CC(CC(C3)C1)C2)C1CCCCCC1. The van der Waals surface area contributed by atoms with Gasteiger partial charge in [-0.3, -0.25) is 9.59 Å². The standard InChI is InChI=1S/C21H34N2O2/c1-23(18-6-4-2-3-5-7-18)19(24)14-22-20(25)21-11-15-8-16(12-21)10-17(9-15)13-21/h15-18H,2-14H2,1H3,(H,22,25). The molecule has 5 rings (SSSR count). The molecule has 5 aliphatic rings. The van der Waals surface area contributed by atoms with E-state index >= 15 is 0 Å². The molecular formula is C21H34N2O2. The number of carbonyl (C=O) groups is 2. The van der Waals surface area contributed by atoms with Crippen LogP contribution in [0.5, 0.6) is 0 Å². The molecule has 4 heteroatoms. The largest absolute Gasteiger partial charge is 0.347 e. The summed E-state index contributed by atoms with van der Waals surface area (Å²) in [5.41, 5.74) is -0.143. The summed E-state index contributed by atoms with van der Waals surface area (Å²) in [6.07, 6.45) is 14.5. The third-order valence-electron chi connectivity index (χ3n) is 7.69. The van der Waals surface area contributed by atoms with Gasteiger partial charge >= 0.3 is 0 Å². The number of hydrogen-bond donors (Lipinski definition) is 1. The van der Waals surface area contributed by atoms with Crippen LogP contribution in [0, 0.1) is 23.2 Å². The summed E-state index contributed by atoms with van der Waals surface area (Å²) in [5, 5.41) is 3.04. The maximum Gasteiger partial charge on any atom is 0.241 e. The Morgan fingerprint density at radius 1 is 0.920 bits per heavy atom. The number of nitrogens with zero attached hydrogens (tertiary/aromatic N) is 1. The lowest BCUT2D eigenvalue weighted by atomic mass is 9.49. The van der Waals surface area contributed by atoms with Crippen LogP contribution < -0.4 is 5.32 Å². The molecule has 4 nitrogen and oxygen atoms in total. The number of carbonyl (C=O) groups excluding carboxylic acids is 2. The van der Waals surface area contributed by atoms with Gasteiger partial charge in [-0.1, -0.05) is 25.7 Å². The molecule has 0 spiro atoms. The third kappa shape index (κ3) is 3.46. The number of amides is 2. The molecule has 25 heavy (non-hydrogen) atoms. The van der Waals surface area contributed by atoms with Crippen LogP contribution in [-0.2, 0) is 9.59 Å². The van der Waals surface area contributed by atoms with Gasteiger partial charge in [0.15, 0.2) is 0 Å². The Morgan fingerprint density at radius 2 is 1.44 bits per heavy atom. The fourth-order valence-electron chi connectivity index (χ4n) is 6.71. The lowest BCUT2D eigenvalue weighted by Gasteiger charge is -2.55. The summed E-state index contributed by atoms with van der Waals surface area (Å²) in [7, 11) is 1.93.